The number of nitrogens with one attached hydrogen (secondary N) is 1. The molecule has 0 amide bonds. The number of hydrogen-bond acceptors (Lipinski definition) is 4. The molecule has 104 valence electrons. The lowest BCUT2D eigenvalue weighted by atomic mass is 9.88. The molecule has 1 unspecified atom stereocenters. The summed E-state index contributed by atoms with van der Waals surface area (Å²) in [6.07, 6.45) is 7.09. The van der Waals surface area contributed by atoms with Gasteiger partial charge in [0.25, 0.3) is 0 Å². The Morgan fingerprint density at radius 3 is 2.68 bits per heavy atom. The molecule has 3 rings (SSSR count). The third kappa shape index (κ3) is 2.84. The fourth-order valence-electron chi connectivity index (χ4n) is 3.33. The minimum Gasteiger partial charge on any atom is -0.495 e. The lowest BCUT2D eigenvalue weighted by Gasteiger charge is -2.35. The van der Waals surface area contributed by atoms with Gasteiger partial charge in [-0.3, -0.25) is 0 Å². The Hall–Kier alpha value is -1.29. The largest absolute Gasteiger partial charge is 0.495 e. The van der Waals surface area contributed by atoms with Gasteiger partial charge in [-0.2, -0.15) is 0 Å². The first-order valence-corrected chi connectivity index (χ1v) is 7.35. The number of hydrogen-bond donors (Lipinski definition) is 1. The smallest absolute Gasteiger partial charge is 0.137 e. The lowest BCUT2D eigenvalue weighted by molar-refractivity contribution is 0.318. The van der Waals surface area contributed by atoms with Gasteiger partial charge in [-0.15, -0.1) is 0 Å². The highest BCUT2D eigenvalue weighted by atomic mass is 16.5. The van der Waals surface area contributed by atoms with Gasteiger partial charge in [-0.05, 0) is 50.3 Å². The summed E-state index contributed by atoms with van der Waals surface area (Å²) in [6.45, 7) is 3.47. The Morgan fingerprint density at radius 1 is 1.26 bits per heavy atom. The molecule has 19 heavy (non-hydrogen) atoms. The number of pyridine rings is 1. The highest BCUT2D eigenvalue weighted by molar-refractivity contribution is 5.41. The van der Waals surface area contributed by atoms with E-state index in [0.717, 1.165) is 36.6 Å². The molecule has 4 heteroatoms. The molecule has 2 aliphatic heterocycles. The van der Waals surface area contributed by atoms with Crippen molar-refractivity contribution in [1.29, 1.82) is 0 Å². The summed E-state index contributed by atoms with van der Waals surface area (Å²) in [6, 6.07) is 4.82. The minimum absolute atomic E-state index is 0.769. The van der Waals surface area contributed by atoms with Crippen LogP contribution in [0.1, 0.15) is 25.7 Å². The fourth-order valence-corrected chi connectivity index (χ4v) is 3.33. The topological polar surface area (TPSA) is 37.4 Å². The third-order valence-electron chi connectivity index (χ3n) is 4.49. The Kier molecular flexibility index (Phi) is 3.87. The zero-order valence-corrected chi connectivity index (χ0v) is 11.6. The fraction of sp³-hybridized carbons (Fsp3) is 0.667. The van der Waals surface area contributed by atoms with E-state index in [-0.39, 0.29) is 0 Å². The summed E-state index contributed by atoms with van der Waals surface area (Å²) in [5.41, 5.74) is 0. The van der Waals surface area contributed by atoms with Gasteiger partial charge in [-0.1, -0.05) is 0 Å². The summed E-state index contributed by atoms with van der Waals surface area (Å²) < 4.78 is 5.15. The second-order valence-electron chi connectivity index (χ2n) is 5.58. The molecule has 0 aromatic carbocycles. The zero-order valence-electron chi connectivity index (χ0n) is 11.6. The quantitative estimate of drug-likeness (QED) is 0.903. The van der Waals surface area contributed by atoms with Crippen LogP contribution in [-0.4, -0.2) is 37.8 Å². The molecule has 2 saturated heterocycles. The predicted octanol–water partition coefficient (Wildman–Crippen LogP) is 2.06. The maximum atomic E-state index is 5.15. The summed E-state index contributed by atoms with van der Waals surface area (Å²) in [5.74, 6) is 2.77. The van der Waals surface area contributed by atoms with E-state index in [2.05, 4.69) is 21.3 Å². The van der Waals surface area contributed by atoms with Crippen LogP contribution in [0.3, 0.4) is 0 Å². The number of nitrogens with zero attached hydrogens (tertiary/aromatic N) is 2. The van der Waals surface area contributed by atoms with Crippen LogP contribution in [0.15, 0.2) is 18.3 Å². The van der Waals surface area contributed by atoms with E-state index in [1.165, 1.54) is 32.2 Å². The Balaban J connectivity index is 1.56. The van der Waals surface area contributed by atoms with Gasteiger partial charge < -0.3 is 15.0 Å². The molecule has 0 bridgehead atoms. The molecular weight excluding hydrogens is 238 g/mol. The highest BCUT2D eigenvalue weighted by Crippen LogP contribution is 2.28. The van der Waals surface area contributed by atoms with Crippen LogP contribution in [0.4, 0.5) is 5.82 Å². The molecule has 0 saturated carbocycles. The van der Waals surface area contributed by atoms with E-state index < -0.39 is 0 Å². The SMILES string of the molecule is COc1ccc(N2CCC(C3CCCN3)CC2)nc1. The molecule has 0 radical (unpaired) electrons. The van der Waals surface area contributed by atoms with Crippen molar-refractivity contribution in [2.75, 3.05) is 31.6 Å². The summed E-state index contributed by atoms with van der Waals surface area (Å²) >= 11 is 0. The van der Waals surface area contributed by atoms with Crippen LogP contribution < -0.4 is 15.0 Å². The molecular formula is C15H23N3O. The second kappa shape index (κ2) is 5.78. The predicted molar refractivity (Wildman–Crippen MR) is 76.8 cm³/mol. The first-order chi connectivity index (χ1) is 9.36. The Bertz CT molecular complexity index is 392. The molecule has 2 fully saturated rings. The van der Waals surface area contributed by atoms with Gasteiger partial charge in [0.2, 0.25) is 0 Å². The second-order valence-corrected chi connectivity index (χ2v) is 5.58. The van der Waals surface area contributed by atoms with Crippen molar-refractivity contribution < 1.29 is 4.74 Å². The van der Waals surface area contributed by atoms with Gasteiger partial charge in [0.15, 0.2) is 0 Å². The Morgan fingerprint density at radius 2 is 2.11 bits per heavy atom. The molecule has 0 spiro atoms. The van der Waals surface area contributed by atoms with Gasteiger partial charge in [0.1, 0.15) is 11.6 Å². The number of ether oxygens (including phenoxy) is 1. The normalized spacial score (nSPS) is 24.7. The van der Waals surface area contributed by atoms with Crippen molar-refractivity contribution >= 4 is 5.82 Å². The zero-order chi connectivity index (χ0) is 13.1. The summed E-state index contributed by atoms with van der Waals surface area (Å²) in [5, 5.41) is 3.65. The van der Waals surface area contributed by atoms with E-state index in [4.69, 9.17) is 4.74 Å². The monoisotopic (exact) mass is 261 g/mol. The van der Waals surface area contributed by atoms with Crippen molar-refractivity contribution in [2.45, 2.75) is 31.7 Å². The van der Waals surface area contributed by atoms with E-state index >= 15 is 0 Å². The molecule has 1 aromatic heterocycles. The van der Waals surface area contributed by atoms with Crippen LogP contribution in [0.25, 0.3) is 0 Å². The molecule has 1 N–H and O–H groups in total. The molecule has 4 nitrogen and oxygen atoms in total. The van der Waals surface area contributed by atoms with Crippen LogP contribution in [-0.2, 0) is 0 Å². The van der Waals surface area contributed by atoms with Crippen molar-refractivity contribution in [3.05, 3.63) is 18.3 Å². The first-order valence-electron chi connectivity index (χ1n) is 7.35. The molecule has 1 aromatic rings. The van der Waals surface area contributed by atoms with Gasteiger partial charge >= 0.3 is 0 Å². The van der Waals surface area contributed by atoms with Crippen molar-refractivity contribution in [3.8, 4) is 5.75 Å². The van der Waals surface area contributed by atoms with E-state index in [9.17, 15) is 0 Å². The number of rotatable bonds is 3. The van der Waals surface area contributed by atoms with Crippen LogP contribution >= 0.6 is 0 Å². The highest BCUT2D eigenvalue weighted by Gasteiger charge is 2.28. The van der Waals surface area contributed by atoms with Crippen molar-refractivity contribution in [1.82, 2.24) is 10.3 Å². The lowest BCUT2D eigenvalue weighted by Crippen LogP contribution is -2.41. The average Bonchev–Trinajstić information content (AvgIpc) is 3.02. The number of piperidine rings is 1. The summed E-state index contributed by atoms with van der Waals surface area (Å²) in [4.78, 5) is 6.87. The van der Waals surface area contributed by atoms with Crippen LogP contribution in [0, 0.1) is 5.92 Å². The standard InChI is InChI=1S/C15H23N3O/c1-19-13-4-5-15(17-11-13)18-9-6-12(7-10-18)14-3-2-8-16-14/h4-5,11-12,14,16H,2-3,6-10H2,1H3. The average molecular weight is 261 g/mol. The van der Waals surface area contributed by atoms with Crippen LogP contribution in [0.5, 0.6) is 5.75 Å². The number of methoxy groups -OCH3 is 1. The molecule has 3 heterocycles. The maximum absolute atomic E-state index is 5.15. The first kappa shape index (κ1) is 12.7. The van der Waals surface area contributed by atoms with Crippen LogP contribution in [0.2, 0.25) is 0 Å². The minimum atomic E-state index is 0.769. The third-order valence-corrected chi connectivity index (χ3v) is 4.49. The van der Waals surface area contributed by atoms with Crippen molar-refractivity contribution in [3.63, 3.8) is 0 Å². The van der Waals surface area contributed by atoms with E-state index in [0.29, 0.717) is 0 Å². The Labute approximate surface area is 115 Å². The molecule has 0 aliphatic carbocycles. The van der Waals surface area contributed by atoms with E-state index in [1.54, 1.807) is 13.3 Å². The molecule has 2 aliphatic rings. The van der Waals surface area contributed by atoms with Gasteiger partial charge in [-0.25, -0.2) is 4.98 Å². The molecule has 1 atom stereocenters. The van der Waals surface area contributed by atoms with Gasteiger partial charge in [0, 0.05) is 19.1 Å². The maximum Gasteiger partial charge on any atom is 0.137 e. The number of aromatic nitrogens is 1. The summed E-state index contributed by atoms with van der Waals surface area (Å²) in [7, 11) is 1.68. The van der Waals surface area contributed by atoms with Gasteiger partial charge in [0.05, 0.1) is 13.3 Å². The van der Waals surface area contributed by atoms with E-state index in [1.807, 2.05) is 6.07 Å². The number of anilines is 1. The van der Waals surface area contributed by atoms with Crippen molar-refractivity contribution in [2.24, 2.45) is 5.92 Å².